The molecule has 0 saturated heterocycles. The monoisotopic (exact) mass is 349 g/mol. The Bertz CT molecular complexity index is 720. The molecule has 2 rings (SSSR count). The van der Waals surface area contributed by atoms with Gasteiger partial charge in [-0.3, -0.25) is 9.59 Å². The van der Waals surface area contributed by atoms with E-state index in [1.807, 2.05) is 0 Å². The van der Waals surface area contributed by atoms with Gasteiger partial charge in [-0.15, -0.1) is 11.3 Å². The molecule has 0 saturated carbocycles. The van der Waals surface area contributed by atoms with Crippen LogP contribution in [0.3, 0.4) is 0 Å². The van der Waals surface area contributed by atoms with Crippen LogP contribution in [-0.2, 0) is 16.0 Å². The van der Waals surface area contributed by atoms with E-state index in [9.17, 15) is 9.59 Å². The molecule has 0 bridgehead atoms. The van der Waals surface area contributed by atoms with Crippen LogP contribution >= 0.6 is 11.3 Å². The third-order valence-electron chi connectivity index (χ3n) is 3.68. The van der Waals surface area contributed by atoms with E-state index in [0.29, 0.717) is 18.0 Å². The molecule has 0 atom stereocenters. The van der Waals surface area contributed by atoms with Gasteiger partial charge in [-0.2, -0.15) is 0 Å². The average Bonchev–Trinajstić information content (AvgIpc) is 3.04. The van der Waals surface area contributed by atoms with E-state index in [0.717, 1.165) is 12.8 Å². The molecule has 0 aliphatic heterocycles. The minimum Gasteiger partial charge on any atom is -0.360 e. The topological polar surface area (TPSA) is 75.4 Å². The number of nitrogens with zero attached hydrogens (tertiary/aromatic N) is 2. The predicted molar refractivity (Wildman–Crippen MR) is 94.2 cm³/mol. The molecule has 0 aliphatic carbocycles. The van der Waals surface area contributed by atoms with Crippen molar-refractivity contribution >= 4 is 29.0 Å². The Morgan fingerprint density at radius 1 is 1.29 bits per heavy atom. The lowest BCUT2D eigenvalue weighted by atomic mass is 10.1. The average molecular weight is 349 g/mol. The first-order valence-electron chi connectivity index (χ1n) is 7.88. The first-order chi connectivity index (χ1) is 11.3. The van der Waals surface area contributed by atoms with E-state index in [-0.39, 0.29) is 18.4 Å². The molecule has 7 heteroatoms. The predicted octanol–water partition coefficient (Wildman–Crippen LogP) is 3.08. The fraction of sp³-hybridized carbons (Fsp3) is 0.471. The van der Waals surface area contributed by atoms with Crippen molar-refractivity contribution < 1.29 is 14.1 Å². The number of hydrogen-bond donors (Lipinski definition) is 1. The zero-order valence-corrected chi connectivity index (χ0v) is 15.3. The Hall–Kier alpha value is -2.15. The first kappa shape index (κ1) is 18.2. The molecular weight excluding hydrogens is 326 g/mol. The SMILES string of the molecule is Cc1cc(NC(=O)CN(C)C(=O)CCCc2cc(C)sc2C)no1. The smallest absolute Gasteiger partial charge is 0.245 e. The van der Waals surface area contributed by atoms with Gasteiger partial charge in [0.25, 0.3) is 0 Å². The summed E-state index contributed by atoms with van der Waals surface area (Å²) in [6.45, 7) is 5.95. The van der Waals surface area contributed by atoms with Crippen molar-refractivity contribution in [3.63, 3.8) is 0 Å². The van der Waals surface area contributed by atoms with Gasteiger partial charge in [0.05, 0.1) is 6.54 Å². The Labute approximate surface area is 145 Å². The number of aromatic nitrogens is 1. The van der Waals surface area contributed by atoms with Crippen molar-refractivity contribution in [2.45, 2.75) is 40.0 Å². The number of carbonyl (C=O) groups excluding carboxylic acids is 2. The Kier molecular flexibility index (Phi) is 6.14. The zero-order chi connectivity index (χ0) is 17.7. The molecule has 0 spiro atoms. The molecule has 0 radical (unpaired) electrons. The number of nitrogens with one attached hydrogen (secondary N) is 1. The summed E-state index contributed by atoms with van der Waals surface area (Å²) < 4.78 is 4.88. The minimum atomic E-state index is -0.288. The Morgan fingerprint density at radius 2 is 2.04 bits per heavy atom. The van der Waals surface area contributed by atoms with Crippen molar-refractivity contribution in [1.82, 2.24) is 10.1 Å². The van der Waals surface area contributed by atoms with Crippen LogP contribution < -0.4 is 5.32 Å². The standard InChI is InChI=1S/C17H23N3O3S/c1-11-8-15(19-23-11)18-16(21)10-20(4)17(22)7-5-6-14-9-12(2)24-13(14)3/h8-9H,5-7,10H2,1-4H3,(H,18,19,21). The number of amides is 2. The summed E-state index contributed by atoms with van der Waals surface area (Å²) in [6.07, 6.45) is 2.10. The van der Waals surface area contributed by atoms with E-state index >= 15 is 0 Å². The largest absolute Gasteiger partial charge is 0.360 e. The van der Waals surface area contributed by atoms with E-state index in [4.69, 9.17) is 4.52 Å². The molecule has 2 amide bonds. The quantitative estimate of drug-likeness (QED) is 0.833. The van der Waals surface area contributed by atoms with Gasteiger partial charge in [0, 0.05) is 29.3 Å². The molecule has 24 heavy (non-hydrogen) atoms. The maximum absolute atomic E-state index is 12.1. The number of anilines is 1. The zero-order valence-electron chi connectivity index (χ0n) is 14.5. The van der Waals surface area contributed by atoms with Crippen LogP contribution in [0.1, 0.15) is 33.9 Å². The molecule has 130 valence electrons. The van der Waals surface area contributed by atoms with Gasteiger partial charge in [0.15, 0.2) is 5.82 Å². The number of likely N-dealkylation sites (N-methyl/N-ethyl adjacent to an activating group) is 1. The van der Waals surface area contributed by atoms with Gasteiger partial charge in [-0.25, -0.2) is 0 Å². The highest BCUT2D eigenvalue weighted by Gasteiger charge is 2.14. The molecule has 2 aromatic rings. The summed E-state index contributed by atoms with van der Waals surface area (Å²) in [4.78, 5) is 28.1. The lowest BCUT2D eigenvalue weighted by molar-refractivity contribution is -0.133. The minimum absolute atomic E-state index is 0.00132. The third kappa shape index (κ3) is 5.19. The van der Waals surface area contributed by atoms with Crippen LogP contribution in [0, 0.1) is 20.8 Å². The maximum atomic E-state index is 12.1. The van der Waals surface area contributed by atoms with Gasteiger partial charge < -0.3 is 14.7 Å². The number of hydrogen-bond acceptors (Lipinski definition) is 5. The van der Waals surface area contributed by atoms with Crippen molar-refractivity contribution in [3.8, 4) is 0 Å². The van der Waals surface area contributed by atoms with Gasteiger partial charge in [0.1, 0.15) is 5.76 Å². The van der Waals surface area contributed by atoms with E-state index in [1.54, 1.807) is 31.4 Å². The summed E-state index contributed by atoms with van der Waals surface area (Å²) in [6, 6.07) is 3.81. The van der Waals surface area contributed by atoms with E-state index < -0.39 is 0 Å². The Balaban J connectivity index is 1.73. The first-order valence-corrected chi connectivity index (χ1v) is 8.70. The van der Waals surface area contributed by atoms with Crippen LogP contribution in [-0.4, -0.2) is 35.5 Å². The van der Waals surface area contributed by atoms with Gasteiger partial charge in [-0.05, 0) is 45.2 Å². The molecule has 2 heterocycles. The van der Waals surface area contributed by atoms with Crippen LogP contribution in [0.15, 0.2) is 16.7 Å². The normalized spacial score (nSPS) is 10.7. The fourth-order valence-corrected chi connectivity index (χ4v) is 3.44. The van der Waals surface area contributed by atoms with Crippen LogP contribution in [0.25, 0.3) is 0 Å². The maximum Gasteiger partial charge on any atom is 0.245 e. The van der Waals surface area contributed by atoms with Crippen molar-refractivity contribution in [2.75, 3.05) is 18.9 Å². The van der Waals surface area contributed by atoms with Gasteiger partial charge >= 0.3 is 0 Å². The highest BCUT2D eigenvalue weighted by Crippen LogP contribution is 2.22. The van der Waals surface area contributed by atoms with Crippen LogP contribution in [0.4, 0.5) is 5.82 Å². The lowest BCUT2D eigenvalue weighted by Crippen LogP contribution is -2.34. The second kappa shape index (κ2) is 8.10. The number of carbonyl (C=O) groups is 2. The lowest BCUT2D eigenvalue weighted by Gasteiger charge is -2.16. The van der Waals surface area contributed by atoms with Gasteiger partial charge in [-0.1, -0.05) is 5.16 Å². The number of thiophene rings is 1. The van der Waals surface area contributed by atoms with E-state index in [1.165, 1.54) is 20.2 Å². The molecule has 2 aromatic heterocycles. The summed E-state index contributed by atoms with van der Waals surface area (Å²) >= 11 is 1.78. The van der Waals surface area contributed by atoms with E-state index in [2.05, 4.69) is 30.4 Å². The fourth-order valence-electron chi connectivity index (χ4n) is 2.46. The molecule has 6 nitrogen and oxygen atoms in total. The molecule has 0 aromatic carbocycles. The Morgan fingerprint density at radius 3 is 2.62 bits per heavy atom. The summed E-state index contributed by atoms with van der Waals surface area (Å²) in [5.41, 5.74) is 1.31. The number of aryl methyl sites for hydroxylation is 4. The van der Waals surface area contributed by atoms with Crippen molar-refractivity contribution in [2.24, 2.45) is 0 Å². The van der Waals surface area contributed by atoms with Crippen LogP contribution in [0.5, 0.6) is 0 Å². The highest BCUT2D eigenvalue weighted by molar-refractivity contribution is 7.12. The molecule has 0 fully saturated rings. The second-order valence-corrected chi connectivity index (χ2v) is 7.37. The third-order valence-corrected chi connectivity index (χ3v) is 4.69. The molecule has 0 unspecified atom stereocenters. The molecule has 1 N–H and O–H groups in total. The number of rotatable bonds is 7. The summed E-state index contributed by atoms with van der Waals surface area (Å²) in [5.74, 6) is 0.657. The van der Waals surface area contributed by atoms with Crippen molar-refractivity contribution in [3.05, 3.63) is 33.2 Å². The highest BCUT2D eigenvalue weighted by atomic mass is 32.1. The molecule has 0 aliphatic rings. The van der Waals surface area contributed by atoms with Gasteiger partial charge in [0.2, 0.25) is 11.8 Å². The second-order valence-electron chi connectivity index (χ2n) is 5.91. The molecular formula is C17H23N3O3S. The van der Waals surface area contributed by atoms with Crippen molar-refractivity contribution in [1.29, 1.82) is 0 Å². The summed E-state index contributed by atoms with van der Waals surface area (Å²) in [5, 5.41) is 6.30. The van der Waals surface area contributed by atoms with Crippen LogP contribution in [0.2, 0.25) is 0 Å². The summed E-state index contributed by atoms with van der Waals surface area (Å²) in [7, 11) is 1.63.